The topological polar surface area (TPSA) is 0 Å². The van der Waals surface area contributed by atoms with Crippen LogP contribution in [0.1, 0.15) is 67.2 Å². The zero-order valence-corrected chi connectivity index (χ0v) is 25.6. The van der Waals surface area contributed by atoms with Gasteiger partial charge in [-0.15, -0.1) is 0 Å². The van der Waals surface area contributed by atoms with Gasteiger partial charge in [-0.2, -0.15) is 0 Å². The minimum Gasteiger partial charge on any atom is -0.0653 e. The van der Waals surface area contributed by atoms with E-state index in [-0.39, 0.29) is 5.41 Å². The minimum atomic E-state index is -0.101. The van der Waals surface area contributed by atoms with E-state index < -0.39 is 0 Å². The van der Waals surface area contributed by atoms with Gasteiger partial charge in [0.25, 0.3) is 0 Å². The zero-order chi connectivity index (χ0) is 29.8. The Hall–Kier alpha value is -4.68. The van der Waals surface area contributed by atoms with Gasteiger partial charge in [0.2, 0.25) is 0 Å². The summed E-state index contributed by atoms with van der Waals surface area (Å²) in [5, 5.41) is 8.09. The average molecular weight is 569 g/mol. The van der Waals surface area contributed by atoms with E-state index in [4.69, 9.17) is 0 Å². The summed E-state index contributed by atoms with van der Waals surface area (Å²) in [6.45, 7) is 2.36. The van der Waals surface area contributed by atoms with Gasteiger partial charge >= 0.3 is 0 Å². The van der Waals surface area contributed by atoms with Crippen LogP contribution in [0.4, 0.5) is 0 Å². The minimum absolute atomic E-state index is 0.101. The van der Waals surface area contributed by atoms with Gasteiger partial charge in [-0.3, -0.25) is 0 Å². The molecule has 0 aliphatic rings. The molecule has 0 aliphatic heterocycles. The second-order valence-electron chi connectivity index (χ2n) is 12.3. The summed E-state index contributed by atoms with van der Waals surface area (Å²) in [5.41, 5.74) is 5.67. The van der Waals surface area contributed by atoms with Crippen molar-refractivity contribution in [3.8, 4) is 0 Å². The van der Waals surface area contributed by atoms with Crippen molar-refractivity contribution in [2.24, 2.45) is 0 Å². The second-order valence-corrected chi connectivity index (χ2v) is 12.3. The van der Waals surface area contributed by atoms with E-state index in [2.05, 4.69) is 165 Å². The molecule has 0 heterocycles. The average Bonchev–Trinajstić information content (AvgIpc) is 3.09. The van der Waals surface area contributed by atoms with Crippen LogP contribution in [0.5, 0.6) is 0 Å². The first-order valence-electron chi connectivity index (χ1n) is 16.3. The molecule has 7 rings (SSSR count). The van der Waals surface area contributed by atoms with Crippen LogP contribution in [0.15, 0.2) is 158 Å². The van der Waals surface area contributed by atoms with Crippen molar-refractivity contribution in [1.29, 1.82) is 0 Å². The third-order valence-corrected chi connectivity index (χ3v) is 9.78. The molecular formula is C44H40. The van der Waals surface area contributed by atoms with Crippen molar-refractivity contribution in [3.05, 3.63) is 180 Å². The summed E-state index contributed by atoms with van der Waals surface area (Å²) in [5.74, 6) is 0.335. The summed E-state index contributed by atoms with van der Waals surface area (Å²) < 4.78 is 0. The van der Waals surface area contributed by atoms with E-state index in [1.807, 2.05) is 0 Å². The van der Waals surface area contributed by atoms with Crippen molar-refractivity contribution in [2.75, 3.05) is 0 Å². The Bertz CT molecular complexity index is 1920. The Balaban J connectivity index is 1.36. The molecule has 1 atom stereocenters. The van der Waals surface area contributed by atoms with Crippen molar-refractivity contribution in [1.82, 2.24) is 0 Å². The molecule has 0 nitrogen and oxygen atoms in total. The van der Waals surface area contributed by atoms with Gasteiger partial charge in [0.1, 0.15) is 0 Å². The van der Waals surface area contributed by atoms with Gasteiger partial charge in [0, 0.05) is 11.3 Å². The van der Waals surface area contributed by atoms with Crippen molar-refractivity contribution >= 4 is 32.3 Å². The second kappa shape index (κ2) is 12.5. The van der Waals surface area contributed by atoms with Crippen LogP contribution < -0.4 is 0 Å². The molecule has 0 saturated carbocycles. The molecule has 44 heavy (non-hydrogen) atoms. The predicted octanol–water partition coefficient (Wildman–Crippen LogP) is 12.2. The highest BCUT2D eigenvalue weighted by Gasteiger charge is 2.36. The SMILES string of the molecule is CCCC(CCCC(c1ccccc1)c1cccc2ccccc12)(c1cccc2ccccc12)c1cccc2ccccc12. The maximum atomic E-state index is 2.42. The maximum absolute atomic E-state index is 2.42. The summed E-state index contributed by atoms with van der Waals surface area (Å²) in [7, 11) is 0. The summed E-state index contributed by atoms with van der Waals surface area (Å²) in [6.07, 6.45) is 5.54. The van der Waals surface area contributed by atoms with Crippen LogP contribution in [-0.2, 0) is 5.41 Å². The van der Waals surface area contributed by atoms with E-state index in [1.165, 1.54) is 54.6 Å². The van der Waals surface area contributed by atoms with Crippen LogP contribution in [0, 0.1) is 0 Å². The molecule has 1 unspecified atom stereocenters. The number of rotatable bonds is 10. The van der Waals surface area contributed by atoms with E-state index in [0.29, 0.717) is 5.92 Å². The Labute approximate surface area is 262 Å². The molecular weight excluding hydrogens is 528 g/mol. The fourth-order valence-electron chi connectivity index (χ4n) is 7.87. The first-order chi connectivity index (χ1) is 21.8. The van der Waals surface area contributed by atoms with Gasteiger partial charge in [0.15, 0.2) is 0 Å². The molecule has 0 bridgehead atoms. The van der Waals surface area contributed by atoms with Crippen LogP contribution in [-0.4, -0.2) is 0 Å². The monoisotopic (exact) mass is 568 g/mol. The zero-order valence-electron chi connectivity index (χ0n) is 25.6. The standard InChI is InChI=1S/C44H40/c1-2-31-44(42-29-13-22-35-19-7-10-25-39(35)42,43-30-14-23-36-20-8-11-26-40(36)43)32-15-28-38(33-16-4-3-5-17-33)41-27-12-21-34-18-6-9-24-37(34)41/h3-14,16-27,29-30,38H,2,15,28,31-32H2,1H3. The van der Waals surface area contributed by atoms with Gasteiger partial charge in [-0.25, -0.2) is 0 Å². The van der Waals surface area contributed by atoms with E-state index in [9.17, 15) is 0 Å². The molecule has 0 spiro atoms. The summed E-state index contributed by atoms with van der Waals surface area (Å²) in [6, 6.07) is 58.8. The molecule has 216 valence electrons. The fraction of sp³-hybridized carbons (Fsp3) is 0.182. The highest BCUT2D eigenvalue weighted by atomic mass is 14.4. The first kappa shape index (κ1) is 28.1. The van der Waals surface area contributed by atoms with E-state index in [1.54, 1.807) is 0 Å². The largest absolute Gasteiger partial charge is 0.0653 e. The number of fused-ring (bicyclic) bond motifs is 3. The number of benzene rings is 7. The fourth-order valence-corrected chi connectivity index (χ4v) is 7.87. The van der Waals surface area contributed by atoms with Crippen molar-refractivity contribution in [2.45, 2.75) is 50.4 Å². The van der Waals surface area contributed by atoms with Gasteiger partial charge < -0.3 is 0 Å². The molecule has 0 saturated heterocycles. The number of hydrogen-bond acceptors (Lipinski definition) is 0. The van der Waals surface area contributed by atoms with E-state index in [0.717, 1.165) is 32.1 Å². The van der Waals surface area contributed by atoms with E-state index >= 15 is 0 Å². The molecule has 0 amide bonds. The lowest BCUT2D eigenvalue weighted by Crippen LogP contribution is -2.29. The first-order valence-corrected chi connectivity index (χ1v) is 16.3. The molecule has 0 aliphatic carbocycles. The highest BCUT2D eigenvalue weighted by Crippen LogP contribution is 2.47. The molecule has 7 aromatic rings. The van der Waals surface area contributed by atoms with Gasteiger partial charge in [-0.05, 0) is 73.8 Å². The smallest absolute Gasteiger partial charge is 0.0215 e. The normalized spacial score (nSPS) is 12.6. The van der Waals surface area contributed by atoms with Crippen molar-refractivity contribution in [3.63, 3.8) is 0 Å². The summed E-state index contributed by atoms with van der Waals surface area (Å²) in [4.78, 5) is 0. The Morgan fingerprint density at radius 2 is 0.932 bits per heavy atom. The predicted molar refractivity (Wildman–Crippen MR) is 190 cm³/mol. The highest BCUT2D eigenvalue weighted by molar-refractivity contribution is 5.91. The van der Waals surface area contributed by atoms with Gasteiger partial charge in [0.05, 0.1) is 0 Å². The van der Waals surface area contributed by atoms with Crippen molar-refractivity contribution < 1.29 is 0 Å². The van der Waals surface area contributed by atoms with Crippen LogP contribution in [0.3, 0.4) is 0 Å². The van der Waals surface area contributed by atoms with Crippen LogP contribution in [0.2, 0.25) is 0 Å². The quantitative estimate of drug-likeness (QED) is 0.154. The molecule has 0 heteroatoms. The van der Waals surface area contributed by atoms with Crippen LogP contribution in [0.25, 0.3) is 32.3 Å². The Kier molecular flexibility index (Phi) is 7.99. The molecule has 0 N–H and O–H groups in total. The lowest BCUT2D eigenvalue weighted by molar-refractivity contribution is 0.412. The Morgan fingerprint density at radius 3 is 1.52 bits per heavy atom. The molecule has 0 fully saturated rings. The maximum Gasteiger partial charge on any atom is 0.0215 e. The lowest BCUT2D eigenvalue weighted by atomic mass is 9.65. The molecule has 7 aromatic carbocycles. The molecule has 0 aromatic heterocycles. The number of hydrogen-bond donors (Lipinski definition) is 0. The summed E-state index contributed by atoms with van der Waals surface area (Å²) >= 11 is 0. The van der Waals surface area contributed by atoms with Crippen LogP contribution >= 0.6 is 0 Å². The molecule has 0 radical (unpaired) electrons. The Morgan fingerprint density at radius 1 is 0.455 bits per heavy atom. The third-order valence-electron chi connectivity index (χ3n) is 9.78. The lowest BCUT2D eigenvalue weighted by Gasteiger charge is -2.38. The third kappa shape index (κ3) is 5.20. The van der Waals surface area contributed by atoms with Gasteiger partial charge in [-0.1, -0.05) is 177 Å².